The standard InChI is InChI=1S/C23H38N6O2/c1-5-6-13-29-21(24-11-7-12-28(3)4)15-17(2)25-22(29)27-23(30)26-19-8-9-20-18(16-19)10-14-31-20/h8-10,14,16-17,21-22,24-25H,5-7,11-13,15H2,1-4H3,(H2,26,27,30). The lowest BCUT2D eigenvalue weighted by atomic mass is 10.1. The second-order valence-corrected chi connectivity index (χ2v) is 8.70. The first-order chi connectivity index (χ1) is 15.0. The van der Waals surface area contributed by atoms with Gasteiger partial charge in [0.1, 0.15) is 11.9 Å². The first-order valence-electron chi connectivity index (χ1n) is 11.4. The summed E-state index contributed by atoms with van der Waals surface area (Å²) in [6, 6.07) is 7.61. The van der Waals surface area contributed by atoms with Gasteiger partial charge in [0, 0.05) is 23.7 Å². The lowest BCUT2D eigenvalue weighted by molar-refractivity contribution is 0.0195. The van der Waals surface area contributed by atoms with Crippen LogP contribution >= 0.6 is 0 Å². The largest absolute Gasteiger partial charge is 0.464 e. The van der Waals surface area contributed by atoms with Crippen LogP contribution < -0.4 is 21.3 Å². The summed E-state index contributed by atoms with van der Waals surface area (Å²) in [6.07, 6.45) is 5.97. The molecule has 8 nitrogen and oxygen atoms in total. The maximum atomic E-state index is 12.8. The molecule has 8 heteroatoms. The van der Waals surface area contributed by atoms with Crippen LogP contribution in [0.5, 0.6) is 0 Å². The van der Waals surface area contributed by atoms with Crippen LogP contribution in [0, 0.1) is 0 Å². The van der Waals surface area contributed by atoms with E-state index in [0.29, 0.717) is 6.04 Å². The van der Waals surface area contributed by atoms with Crippen LogP contribution in [0.1, 0.15) is 39.5 Å². The number of nitrogens with zero attached hydrogens (tertiary/aromatic N) is 2. The molecule has 0 bridgehead atoms. The van der Waals surface area contributed by atoms with Gasteiger partial charge in [-0.2, -0.15) is 0 Å². The van der Waals surface area contributed by atoms with Crippen molar-refractivity contribution in [3.05, 3.63) is 30.5 Å². The highest BCUT2D eigenvalue weighted by atomic mass is 16.3. The van der Waals surface area contributed by atoms with Crippen molar-refractivity contribution in [2.75, 3.05) is 39.0 Å². The summed E-state index contributed by atoms with van der Waals surface area (Å²) < 4.78 is 5.37. The average Bonchev–Trinajstić information content (AvgIpc) is 3.18. The highest BCUT2D eigenvalue weighted by Gasteiger charge is 2.33. The molecule has 0 aliphatic carbocycles. The second-order valence-electron chi connectivity index (χ2n) is 8.70. The van der Waals surface area contributed by atoms with Gasteiger partial charge in [-0.1, -0.05) is 13.3 Å². The van der Waals surface area contributed by atoms with Gasteiger partial charge in [0.05, 0.1) is 12.4 Å². The molecule has 0 saturated carbocycles. The van der Waals surface area contributed by atoms with Crippen molar-refractivity contribution in [3.63, 3.8) is 0 Å². The zero-order valence-electron chi connectivity index (χ0n) is 19.3. The van der Waals surface area contributed by atoms with Crippen LogP contribution in [0.25, 0.3) is 11.0 Å². The number of amides is 2. The van der Waals surface area contributed by atoms with Crippen molar-refractivity contribution < 1.29 is 9.21 Å². The van der Waals surface area contributed by atoms with E-state index in [4.69, 9.17) is 4.42 Å². The predicted molar refractivity (Wildman–Crippen MR) is 126 cm³/mol. The molecule has 0 spiro atoms. The summed E-state index contributed by atoms with van der Waals surface area (Å²) in [5.74, 6) is 0. The summed E-state index contributed by atoms with van der Waals surface area (Å²) in [5.41, 5.74) is 1.55. The lowest BCUT2D eigenvalue weighted by Crippen LogP contribution is -2.69. The fourth-order valence-corrected chi connectivity index (χ4v) is 4.03. The highest BCUT2D eigenvalue weighted by molar-refractivity contribution is 5.92. The molecule has 1 saturated heterocycles. The number of hydrogen-bond donors (Lipinski definition) is 4. The van der Waals surface area contributed by atoms with Gasteiger partial charge >= 0.3 is 6.03 Å². The van der Waals surface area contributed by atoms with E-state index in [9.17, 15) is 4.79 Å². The van der Waals surface area contributed by atoms with Gasteiger partial charge in [-0.25, -0.2) is 4.79 Å². The Morgan fingerprint density at radius 1 is 1.29 bits per heavy atom. The summed E-state index contributed by atoms with van der Waals surface area (Å²) >= 11 is 0. The first kappa shape index (κ1) is 23.5. The van der Waals surface area contributed by atoms with Gasteiger partial charge in [0.2, 0.25) is 0 Å². The molecule has 3 unspecified atom stereocenters. The molecule has 1 aliphatic heterocycles. The van der Waals surface area contributed by atoms with E-state index in [0.717, 1.165) is 62.0 Å². The van der Waals surface area contributed by atoms with Crippen LogP contribution in [0.3, 0.4) is 0 Å². The van der Waals surface area contributed by atoms with Crippen molar-refractivity contribution in [3.8, 4) is 0 Å². The van der Waals surface area contributed by atoms with Gasteiger partial charge < -0.3 is 25.3 Å². The van der Waals surface area contributed by atoms with Crippen molar-refractivity contribution in [2.45, 2.75) is 58.0 Å². The summed E-state index contributed by atoms with van der Waals surface area (Å²) in [7, 11) is 4.20. The third-order valence-electron chi connectivity index (χ3n) is 5.66. The van der Waals surface area contributed by atoms with E-state index in [2.05, 4.69) is 59.0 Å². The number of unbranched alkanes of at least 4 members (excludes halogenated alkanes) is 1. The summed E-state index contributed by atoms with van der Waals surface area (Å²) in [6.45, 7) is 7.31. The van der Waals surface area contributed by atoms with Crippen LogP contribution in [0.15, 0.2) is 34.9 Å². The zero-order valence-corrected chi connectivity index (χ0v) is 19.3. The monoisotopic (exact) mass is 430 g/mol. The molecule has 1 aliphatic rings. The zero-order chi connectivity index (χ0) is 22.2. The van der Waals surface area contributed by atoms with E-state index in [1.165, 1.54) is 0 Å². The molecule has 1 aromatic carbocycles. The highest BCUT2D eigenvalue weighted by Crippen LogP contribution is 2.20. The van der Waals surface area contributed by atoms with Crippen LogP contribution in [0.4, 0.5) is 10.5 Å². The second kappa shape index (κ2) is 11.5. The van der Waals surface area contributed by atoms with Crippen LogP contribution in [-0.2, 0) is 0 Å². The fraction of sp³-hybridized carbons (Fsp3) is 0.609. The van der Waals surface area contributed by atoms with Crippen molar-refractivity contribution in [1.29, 1.82) is 0 Å². The number of carbonyl (C=O) groups is 1. The number of furan rings is 1. The molecule has 4 N–H and O–H groups in total. The van der Waals surface area contributed by atoms with Gasteiger partial charge in [-0.3, -0.25) is 10.2 Å². The van der Waals surface area contributed by atoms with Gasteiger partial charge in [0.25, 0.3) is 0 Å². The number of nitrogens with one attached hydrogen (secondary N) is 4. The molecule has 2 heterocycles. The molecule has 1 fully saturated rings. The van der Waals surface area contributed by atoms with Crippen LogP contribution in [-0.4, -0.2) is 68.1 Å². The SMILES string of the molecule is CCCCN1C(NCCCN(C)C)CC(C)NC1NC(=O)Nc1ccc2occc2c1. The fourth-order valence-electron chi connectivity index (χ4n) is 4.03. The number of rotatable bonds is 10. The number of hydrogen-bond acceptors (Lipinski definition) is 6. The summed E-state index contributed by atoms with van der Waals surface area (Å²) in [4.78, 5) is 17.3. The first-order valence-corrected chi connectivity index (χ1v) is 11.4. The Morgan fingerprint density at radius 3 is 2.90 bits per heavy atom. The molecule has 3 atom stereocenters. The van der Waals surface area contributed by atoms with Crippen LogP contribution in [0.2, 0.25) is 0 Å². The Labute approximate surface area is 185 Å². The third kappa shape index (κ3) is 6.93. The smallest absolute Gasteiger partial charge is 0.321 e. The number of anilines is 1. The Kier molecular flexibility index (Phi) is 8.71. The maximum Gasteiger partial charge on any atom is 0.321 e. The van der Waals surface area contributed by atoms with Gasteiger partial charge in [-0.05, 0) is 77.6 Å². The minimum Gasteiger partial charge on any atom is -0.464 e. The molecule has 0 radical (unpaired) electrons. The molecule has 3 rings (SSSR count). The van der Waals surface area contributed by atoms with Crippen molar-refractivity contribution in [1.82, 2.24) is 25.8 Å². The van der Waals surface area contributed by atoms with Crippen molar-refractivity contribution >= 4 is 22.7 Å². The normalized spacial score (nSPS) is 22.2. The minimum absolute atomic E-state index is 0.220. The maximum absolute atomic E-state index is 12.8. The lowest BCUT2D eigenvalue weighted by Gasteiger charge is -2.45. The number of fused-ring (bicyclic) bond motifs is 1. The third-order valence-corrected chi connectivity index (χ3v) is 5.66. The molecular weight excluding hydrogens is 392 g/mol. The van der Waals surface area contributed by atoms with E-state index >= 15 is 0 Å². The van der Waals surface area contributed by atoms with Crippen molar-refractivity contribution in [2.24, 2.45) is 0 Å². The Morgan fingerprint density at radius 2 is 2.13 bits per heavy atom. The number of carbonyl (C=O) groups excluding carboxylic acids is 1. The average molecular weight is 431 g/mol. The molecule has 172 valence electrons. The topological polar surface area (TPSA) is 84.8 Å². The van der Waals surface area contributed by atoms with Gasteiger partial charge in [0.15, 0.2) is 0 Å². The van der Waals surface area contributed by atoms with E-state index in [1.807, 2.05) is 24.3 Å². The molecule has 31 heavy (non-hydrogen) atoms. The number of urea groups is 1. The quantitative estimate of drug-likeness (QED) is 0.433. The summed E-state index contributed by atoms with van der Waals surface area (Å²) in [5, 5.41) is 14.3. The Hall–Kier alpha value is -2.13. The van der Waals surface area contributed by atoms with E-state index < -0.39 is 0 Å². The molecule has 2 aromatic rings. The predicted octanol–water partition coefficient (Wildman–Crippen LogP) is 3.19. The Bertz CT molecular complexity index is 823. The minimum atomic E-state index is -0.223. The molecule has 1 aromatic heterocycles. The Balaban J connectivity index is 1.61. The molecular formula is C23H38N6O2. The van der Waals surface area contributed by atoms with E-state index in [-0.39, 0.29) is 18.5 Å². The molecule has 2 amide bonds. The number of benzene rings is 1. The van der Waals surface area contributed by atoms with E-state index in [1.54, 1.807) is 6.26 Å². The van der Waals surface area contributed by atoms with Gasteiger partial charge in [-0.15, -0.1) is 0 Å².